The number of rotatable bonds is 3. The summed E-state index contributed by atoms with van der Waals surface area (Å²) >= 11 is 0. The SMILES string of the molecule is CN1CCC(NC(=O)C(C)(C)CN)CC1.Cl.Cl. The molecule has 1 fully saturated rings. The predicted octanol–water partition coefficient (Wildman–Crippen LogP) is 1.03. The maximum absolute atomic E-state index is 11.8. The molecule has 0 atom stereocenters. The minimum absolute atomic E-state index is 0. The standard InChI is InChI=1S/C11H23N3O.2ClH/c1-11(2,8-12)10(15)13-9-4-6-14(3)7-5-9;;/h9H,4-8,12H2,1-3H3,(H,13,15);2*1H. The molecule has 0 saturated carbocycles. The minimum Gasteiger partial charge on any atom is -0.353 e. The zero-order chi connectivity index (χ0) is 11.5. The van der Waals surface area contributed by atoms with Crippen LogP contribution >= 0.6 is 24.8 Å². The molecule has 0 aromatic carbocycles. The van der Waals surface area contributed by atoms with E-state index in [1.54, 1.807) is 0 Å². The first-order valence-electron chi connectivity index (χ1n) is 5.65. The molecule has 1 heterocycles. The Labute approximate surface area is 117 Å². The average molecular weight is 286 g/mol. The Morgan fingerprint density at radius 1 is 1.35 bits per heavy atom. The number of nitrogens with two attached hydrogens (primary N) is 1. The fourth-order valence-electron chi connectivity index (χ4n) is 1.63. The predicted molar refractivity (Wildman–Crippen MR) is 76.0 cm³/mol. The molecule has 3 N–H and O–H groups in total. The third-order valence-electron chi connectivity index (χ3n) is 3.18. The summed E-state index contributed by atoms with van der Waals surface area (Å²) in [5.74, 6) is 0.0829. The average Bonchev–Trinajstić information content (AvgIpc) is 2.21. The van der Waals surface area contributed by atoms with Crippen LogP contribution in [0.25, 0.3) is 0 Å². The molecule has 104 valence electrons. The van der Waals surface area contributed by atoms with Crippen LogP contribution in [0.4, 0.5) is 0 Å². The molecule has 1 amide bonds. The third kappa shape index (κ3) is 5.91. The molecule has 6 heteroatoms. The summed E-state index contributed by atoms with van der Waals surface area (Å²) in [6.07, 6.45) is 2.09. The van der Waals surface area contributed by atoms with E-state index in [0.717, 1.165) is 25.9 Å². The number of carbonyl (C=O) groups excluding carboxylic acids is 1. The number of likely N-dealkylation sites (tertiary alicyclic amines) is 1. The molecule has 1 rings (SSSR count). The van der Waals surface area contributed by atoms with Crippen molar-refractivity contribution >= 4 is 30.7 Å². The first-order valence-corrected chi connectivity index (χ1v) is 5.65. The van der Waals surface area contributed by atoms with Gasteiger partial charge in [-0.2, -0.15) is 0 Å². The van der Waals surface area contributed by atoms with Gasteiger partial charge in [0.1, 0.15) is 0 Å². The second kappa shape index (κ2) is 8.14. The summed E-state index contributed by atoms with van der Waals surface area (Å²) in [5.41, 5.74) is 5.12. The lowest BCUT2D eigenvalue weighted by atomic mass is 9.91. The lowest BCUT2D eigenvalue weighted by molar-refractivity contribution is -0.129. The van der Waals surface area contributed by atoms with Crippen LogP contribution in [0, 0.1) is 5.41 Å². The van der Waals surface area contributed by atoms with Gasteiger partial charge in [0.05, 0.1) is 5.41 Å². The van der Waals surface area contributed by atoms with Crippen LogP contribution in [0.3, 0.4) is 0 Å². The Morgan fingerprint density at radius 2 is 1.82 bits per heavy atom. The second-order valence-corrected chi connectivity index (χ2v) is 5.14. The molecule has 17 heavy (non-hydrogen) atoms. The van der Waals surface area contributed by atoms with Gasteiger partial charge in [0.15, 0.2) is 0 Å². The van der Waals surface area contributed by atoms with Crippen LogP contribution in [0.15, 0.2) is 0 Å². The van der Waals surface area contributed by atoms with Crippen molar-refractivity contribution in [1.82, 2.24) is 10.2 Å². The van der Waals surface area contributed by atoms with Gasteiger partial charge in [-0.15, -0.1) is 24.8 Å². The minimum atomic E-state index is -0.441. The number of carbonyl (C=O) groups is 1. The maximum atomic E-state index is 11.8. The highest BCUT2D eigenvalue weighted by Crippen LogP contribution is 2.15. The van der Waals surface area contributed by atoms with Crippen molar-refractivity contribution in [1.29, 1.82) is 0 Å². The first kappa shape index (κ1) is 19.3. The van der Waals surface area contributed by atoms with Gasteiger partial charge >= 0.3 is 0 Å². The number of amides is 1. The van der Waals surface area contributed by atoms with E-state index in [1.807, 2.05) is 13.8 Å². The van der Waals surface area contributed by atoms with Crippen LogP contribution in [-0.4, -0.2) is 43.5 Å². The summed E-state index contributed by atoms with van der Waals surface area (Å²) < 4.78 is 0. The lowest BCUT2D eigenvalue weighted by Crippen LogP contribution is -2.49. The van der Waals surface area contributed by atoms with Gasteiger partial charge in [-0.3, -0.25) is 4.79 Å². The molecule has 0 aromatic heterocycles. The molecule has 1 saturated heterocycles. The molecule has 4 nitrogen and oxygen atoms in total. The topological polar surface area (TPSA) is 58.4 Å². The summed E-state index contributed by atoms with van der Waals surface area (Å²) in [7, 11) is 2.11. The molecule has 0 radical (unpaired) electrons. The number of nitrogens with one attached hydrogen (secondary N) is 1. The smallest absolute Gasteiger partial charge is 0.227 e. The van der Waals surface area contributed by atoms with Gasteiger partial charge in [0.2, 0.25) is 5.91 Å². The fraction of sp³-hybridized carbons (Fsp3) is 0.909. The summed E-state index contributed by atoms with van der Waals surface area (Å²) in [6, 6.07) is 0.333. The van der Waals surface area contributed by atoms with Crippen LogP contribution in [0.1, 0.15) is 26.7 Å². The molecular weight excluding hydrogens is 261 g/mol. The van der Waals surface area contributed by atoms with Crippen molar-refractivity contribution in [2.24, 2.45) is 11.1 Å². The highest BCUT2D eigenvalue weighted by atomic mass is 35.5. The Hall–Kier alpha value is -0.0300. The van der Waals surface area contributed by atoms with Gasteiger partial charge in [-0.25, -0.2) is 0 Å². The largest absolute Gasteiger partial charge is 0.353 e. The Morgan fingerprint density at radius 3 is 2.24 bits per heavy atom. The van der Waals surface area contributed by atoms with Crippen molar-refractivity contribution in [2.45, 2.75) is 32.7 Å². The highest BCUT2D eigenvalue weighted by Gasteiger charge is 2.28. The number of halogens is 2. The summed E-state index contributed by atoms with van der Waals surface area (Å²) in [5, 5.41) is 3.08. The fourth-order valence-corrected chi connectivity index (χ4v) is 1.63. The van der Waals surface area contributed by atoms with Gasteiger partial charge in [0.25, 0.3) is 0 Å². The van der Waals surface area contributed by atoms with Gasteiger partial charge in [0, 0.05) is 12.6 Å². The highest BCUT2D eigenvalue weighted by molar-refractivity contribution is 5.85. The summed E-state index contributed by atoms with van der Waals surface area (Å²) in [4.78, 5) is 14.1. The second-order valence-electron chi connectivity index (χ2n) is 5.14. The van der Waals surface area contributed by atoms with E-state index in [4.69, 9.17) is 5.73 Å². The quantitative estimate of drug-likeness (QED) is 0.814. The number of hydrogen-bond acceptors (Lipinski definition) is 3. The molecule has 0 spiro atoms. The van der Waals surface area contributed by atoms with E-state index >= 15 is 0 Å². The number of piperidine rings is 1. The molecule has 0 aliphatic carbocycles. The van der Waals surface area contributed by atoms with E-state index < -0.39 is 5.41 Å². The molecular formula is C11H25Cl2N3O. The van der Waals surface area contributed by atoms with Gasteiger partial charge in [-0.1, -0.05) is 0 Å². The van der Waals surface area contributed by atoms with Crippen molar-refractivity contribution in [3.05, 3.63) is 0 Å². The van der Waals surface area contributed by atoms with Gasteiger partial charge < -0.3 is 16.0 Å². The maximum Gasteiger partial charge on any atom is 0.227 e. The van der Waals surface area contributed by atoms with E-state index in [-0.39, 0.29) is 30.7 Å². The molecule has 1 aliphatic rings. The van der Waals surface area contributed by atoms with Crippen LogP contribution < -0.4 is 11.1 Å². The normalized spacial score (nSPS) is 17.9. The zero-order valence-corrected chi connectivity index (χ0v) is 12.5. The third-order valence-corrected chi connectivity index (χ3v) is 3.18. The molecule has 0 unspecified atom stereocenters. The van der Waals surface area contributed by atoms with Crippen LogP contribution in [-0.2, 0) is 4.79 Å². The number of nitrogens with zero attached hydrogens (tertiary/aromatic N) is 1. The van der Waals surface area contributed by atoms with Crippen molar-refractivity contribution < 1.29 is 4.79 Å². The molecule has 0 aromatic rings. The Kier molecular flexibility index (Phi) is 9.25. The summed E-state index contributed by atoms with van der Waals surface area (Å²) in [6.45, 7) is 6.29. The van der Waals surface area contributed by atoms with Crippen molar-refractivity contribution in [2.75, 3.05) is 26.7 Å². The van der Waals surface area contributed by atoms with E-state index in [9.17, 15) is 4.79 Å². The first-order chi connectivity index (χ1) is 6.95. The monoisotopic (exact) mass is 285 g/mol. The van der Waals surface area contributed by atoms with E-state index in [0.29, 0.717) is 12.6 Å². The Balaban J connectivity index is 0. The number of hydrogen-bond donors (Lipinski definition) is 2. The van der Waals surface area contributed by atoms with Crippen molar-refractivity contribution in [3.63, 3.8) is 0 Å². The van der Waals surface area contributed by atoms with E-state index in [1.165, 1.54) is 0 Å². The van der Waals surface area contributed by atoms with Crippen LogP contribution in [0.5, 0.6) is 0 Å². The van der Waals surface area contributed by atoms with E-state index in [2.05, 4.69) is 17.3 Å². The van der Waals surface area contributed by atoms with Gasteiger partial charge in [-0.05, 0) is 46.8 Å². The Bertz CT molecular complexity index is 229. The molecule has 0 bridgehead atoms. The lowest BCUT2D eigenvalue weighted by Gasteiger charge is -2.32. The zero-order valence-electron chi connectivity index (χ0n) is 10.9. The molecule has 1 aliphatic heterocycles. The van der Waals surface area contributed by atoms with Crippen LogP contribution in [0.2, 0.25) is 0 Å². The van der Waals surface area contributed by atoms with Crippen molar-refractivity contribution in [3.8, 4) is 0 Å².